The molecule has 0 aromatic heterocycles. The highest BCUT2D eigenvalue weighted by Crippen LogP contribution is 2.34. The maximum Gasteiger partial charge on any atom is 0.387 e. The van der Waals surface area contributed by atoms with Gasteiger partial charge in [-0.25, -0.2) is 0 Å². The molecular formula is C13H14F2O2. The van der Waals surface area contributed by atoms with Crippen molar-refractivity contribution in [3.63, 3.8) is 0 Å². The van der Waals surface area contributed by atoms with Crippen LogP contribution in [0.2, 0.25) is 0 Å². The third kappa shape index (κ3) is 3.51. The zero-order chi connectivity index (χ0) is 12.3. The Labute approximate surface area is 98.6 Å². The van der Waals surface area contributed by atoms with Crippen molar-refractivity contribution in [2.75, 3.05) is 0 Å². The second kappa shape index (κ2) is 5.25. The summed E-state index contributed by atoms with van der Waals surface area (Å²) in [5.74, 6) is 0.513. The Bertz CT molecular complexity index is 400. The Balaban J connectivity index is 2.03. The van der Waals surface area contributed by atoms with Gasteiger partial charge in [-0.2, -0.15) is 8.78 Å². The topological polar surface area (TPSA) is 26.3 Å². The van der Waals surface area contributed by atoms with E-state index in [4.69, 9.17) is 0 Å². The normalized spacial score (nSPS) is 15.0. The van der Waals surface area contributed by atoms with Gasteiger partial charge in [0.2, 0.25) is 0 Å². The fraction of sp³-hybridized carbons (Fsp3) is 0.462. The van der Waals surface area contributed by atoms with Crippen LogP contribution in [0.5, 0.6) is 5.75 Å². The number of rotatable bonds is 6. The molecule has 0 amide bonds. The zero-order valence-corrected chi connectivity index (χ0v) is 9.36. The number of carbonyl (C=O) groups excluding carboxylic acids is 1. The van der Waals surface area contributed by atoms with Crippen molar-refractivity contribution in [3.05, 3.63) is 29.8 Å². The van der Waals surface area contributed by atoms with Crippen LogP contribution in [0.15, 0.2) is 24.3 Å². The van der Waals surface area contributed by atoms with Gasteiger partial charge in [0.1, 0.15) is 5.75 Å². The lowest BCUT2D eigenvalue weighted by Gasteiger charge is -2.09. The molecule has 0 saturated heterocycles. The van der Waals surface area contributed by atoms with Gasteiger partial charge >= 0.3 is 6.61 Å². The van der Waals surface area contributed by atoms with Gasteiger partial charge < -0.3 is 4.74 Å². The Morgan fingerprint density at radius 2 is 2.06 bits per heavy atom. The number of para-hydroxylation sites is 1. The molecular weight excluding hydrogens is 226 g/mol. The lowest BCUT2D eigenvalue weighted by atomic mass is 10.0. The van der Waals surface area contributed by atoms with Gasteiger partial charge in [0, 0.05) is 6.42 Å². The first-order valence-electron chi connectivity index (χ1n) is 5.74. The van der Waals surface area contributed by atoms with Crippen LogP contribution in [0.3, 0.4) is 0 Å². The van der Waals surface area contributed by atoms with Crippen molar-refractivity contribution in [1.82, 2.24) is 0 Å². The Morgan fingerprint density at radius 3 is 2.71 bits per heavy atom. The molecule has 0 atom stereocenters. The number of hydrogen-bond acceptors (Lipinski definition) is 2. The molecule has 0 spiro atoms. The third-order valence-corrected chi connectivity index (χ3v) is 2.88. The average Bonchev–Trinajstić information content (AvgIpc) is 3.09. The van der Waals surface area contributed by atoms with Gasteiger partial charge in [0.15, 0.2) is 5.78 Å². The monoisotopic (exact) mass is 240 g/mol. The fourth-order valence-electron chi connectivity index (χ4n) is 1.77. The number of ketones is 1. The van der Waals surface area contributed by atoms with Crippen molar-refractivity contribution < 1.29 is 18.3 Å². The smallest absolute Gasteiger partial charge is 0.387 e. The van der Waals surface area contributed by atoms with Crippen molar-refractivity contribution >= 4 is 5.78 Å². The molecule has 17 heavy (non-hydrogen) atoms. The lowest BCUT2D eigenvalue weighted by Crippen LogP contribution is -2.08. The number of halogens is 2. The summed E-state index contributed by atoms with van der Waals surface area (Å²) in [6, 6.07) is 6.17. The van der Waals surface area contributed by atoms with E-state index in [1.54, 1.807) is 12.1 Å². The summed E-state index contributed by atoms with van der Waals surface area (Å²) < 4.78 is 28.6. The van der Waals surface area contributed by atoms with E-state index in [1.807, 2.05) is 0 Å². The summed E-state index contributed by atoms with van der Waals surface area (Å²) in [6.45, 7) is -2.90. The largest absolute Gasteiger partial charge is 0.434 e. The average molecular weight is 240 g/mol. The maximum absolute atomic E-state index is 12.2. The molecule has 92 valence electrons. The molecule has 2 rings (SSSR count). The second-order valence-electron chi connectivity index (χ2n) is 4.28. The summed E-state index contributed by atoms with van der Waals surface area (Å²) in [5.41, 5.74) is 0.258. The van der Waals surface area contributed by atoms with Crippen molar-refractivity contribution in [2.24, 2.45) is 5.92 Å². The molecule has 1 aromatic carbocycles. The van der Waals surface area contributed by atoms with Crippen LogP contribution in [0.4, 0.5) is 8.78 Å². The molecule has 1 aliphatic rings. The van der Waals surface area contributed by atoms with E-state index in [-0.39, 0.29) is 17.1 Å². The Morgan fingerprint density at radius 1 is 1.35 bits per heavy atom. The highest BCUT2D eigenvalue weighted by molar-refractivity contribution is 5.98. The Hall–Kier alpha value is -1.45. The lowest BCUT2D eigenvalue weighted by molar-refractivity contribution is -0.0501. The predicted molar refractivity (Wildman–Crippen MR) is 59.4 cm³/mol. The van der Waals surface area contributed by atoms with Gasteiger partial charge in [-0.1, -0.05) is 25.0 Å². The van der Waals surface area contributed by atoms with Crippen LogP contribution in [-0.4, -0.2) is 12.4 Å². The number of benzene rings is 1. The van der Waals surface area contributed by atoms with Crippen LogP contribution in [0, 0.1) is 5.92 Å². The highest BCUT2D eigenvalue weighted by atomic mass is 19.3. The van der Waals surface area contributed by atoms with E-state index in [2.05, 4.69) is 4.74 Å². The molecule has 1 saturated carbocycles. The molecule has 0 bridgehead atoms. The minimum Gasteiger partial charge on any atom is -0.434 e. The Kier molecular flexibility index (Phi) is 3.71. The fourth-order valence-corrected chi connectivity index (χ4v) is 1.77. The summed E-state index contributed by atoms with van der Waals surface area (Å²) in [6.07, 6.45) is 3.63. The first-order chi connectivity index (χ1) is 8.16. The second-order valence-corrected chi connectivity index (χ2v) is 4.28. The van der Waals surface area contributed by atoms with Gasteiger partial charge in [-0.3, -0.25) is 4.79 Å². The third-order valence-electron chi connectivity index (χ3n) is 2.88. The number of Topliss-reactive ketones (excluding diaryl/α,β-unsaturated/α-hetero) is 1. The summed E-state index contributed by atoms with van der Waals surface area (Å²) in [7, 11) is 0. The SMILES string of the molecule is O=C(CCC1CC1)c1ccccc1OC(F)F. The molecule has 1 aliphatic carbocycles. The van der Waals surface area contributed by atoms with E-state index >= 15 is 0 Å². The predicted octanol–water partition coefficient (Wildman–Crippen LogP) is 3.66. The van der Waals surface area contributed by atoms with E-state index < -0.39 is 6.61 Å². The molecule has 0 radical (unpaired) electrons. The van der Waals surface area contributed by atoms with E-state index in [0.29, 0.717) is 12.3 Å². The highest BCUT2D eigenvalue weighted by Gasteiger charge is 2.23. The number of alkyl halides is 2. The molecule has 4 heteroatoms. The van der Waals surface area contributed by atoms with Crippen LogP contribution < -0.4 is 4.74 Å². The van der Waals surface area contributed by atoms with Crippen LogP contribution in [0.25, 0.3) is 0 Å². The number of ether oxygens (including phenoxy) is 1. The summed E-state index contributed by atoms with van der Waals surface area (Å²) in [5, 5.41) is 0. The molecule has 1 aromatic rings. The zero-order valence-electron chi connectivity index (χ0n) is 9.36. The molecule has 1 fully saturated rings. The quantitative estimate of drug-likeness (QED) is 0.709. The molecule has 0 heterocycles. The van der Waals surface area contributed by atoms with Gasteiger partial charge in [-0.15, -0.1) is 0 Å². The van der Waals surface area contributed by atoms with E-state index in [9.17, 15) is 13.6 Å². The molecule has 0 N–H and O–H groups in total. The van der Waals surface area contributed by atoms with E-state index in [0.717, 1.165) is 6.42 Å². The van der Waals surface area contributed by atoms with Gasteiger partial charge in [0.05, 0.1) is 5.56 Å². The van der Waals surface area contributed by atoms with Crippen LogP contribution in [0.1, 0.15) is 36.0 Å². The molecule has 0 unspecified atom stereocenters. The van der Waals surface area contributed by atoms with Crippen molar-refractivity contribution in [2.45, 2.75) is 32.3 Å². The minimum atomic E-state index is -2.90. The molecule has 0 aliphatic heterocycles. The minimum absolute atomic E-state index is 0.0247. The van der Waals surface area contributed by atoms with Crippen LogP contribution in [-0.2, 0) is 0 Å². The first kappa shape index (κ1) is 12.0. The number of hydrogen-bond donors (Lipinski definition) is 0. The first-order valence-corrected chi connectivity index (χ1v) is 5.74. The summed E-state index contributed by atoms with van der Waals surface area (Å²) in [4.78, 5) is 11.9. The standard InChI is InChI=1S/C13H14F2O2/c14-13(15)17-12-4-2-1-3-10(12)11(16)8-7-9-5-6-9/h1-4,9,13H,5-8H2. The van der Waals surface area contributed by atoms with Crippen LogP contribution >= 0.6 is 0 Å². The molecule has 2 nitrogen and oxygen atoms in total. The van der Waals surface area contributed by atoms with E-state index in [1.165, 1.54) is 25.0 Å². The maximum atomic E-state index is 12.2. The van der Waals surface area contributed by atoms with Crippen molar-refractivity contribution in [3.8, 4) is 5.75 Å². The van der Waals surface area contributed by atoms with Gasteiger partial charge in [-0.05, 0) is 24.5 Å². The van der Waals surface area contributed by atoms with Gasteiger partial charge in [0.25, 0.3) is 0 Å². The van der Waals surface area contributed by atoms with Crippen molar-refractivity contribution in [1.29, 1.82) is 0 Å². The number of carbonyl (C=O) groups is 1. The summed E-state index contributed by atoms with van der Waals surface area (Å²) >= 11 is 0.